The number of esters is 1. The molecule has 0 aliphatic carbocycles. The Morgan fingerprint density at radius 3 is 2.89 bits per heavy atom. The van der Waals surface area contributed by atoms with Crippen molar-refractivity contribution in [1.82, 2.24) is 14.2 Å². The van der Waals surface area contributed by atoms with E-state index < -0.39 is 5.97 Å². The normalized spacial score (nSPS) is 10.7. The minimum atomic E-state index is -0.519. The van der Waals surface area contributed by atoms with Crippen LogP contribution in [-0.2, 0) is 16.1 Å². The summed E-state index contributed by atoms with van der Waals surface area (Å²) in [6, 6.07) is 1.85. The van der Waals surface area contributed by atoms with Gasteiger partial charge in [0.15, 0.2) is 0 Å². The Morgan fingerprint density at radius 1 is 1.53 bits per heavy atom. The molecule has 19 heavy (non-hydrogen) atoms. The largest absolute Gasteiger partial charge is 0.467 e. The molecule has 0 N–H and O–H groups in total. The number of fused-ring (bicyclic) bond motifs is 1. The Bertz CT molecular complexity index is 676. The van der Waals surface area contributed by atoms with E-state index in [2.05, 4.69) is 21.0 Å². The van der Waals surface area contributed by atoms with E-state index >= 15 is 0 Å². The van der Waals surface area contributed by atoms with Crippen LogP contribution >= 0.6 is 15.9 Å². The number of hydrogen-bond acceptors (Lipinski definition) is 5. The predicted molar refractivity (Wildman–Crippen MR) is 70.3 cm³/mol. The molecule has 0 radical (unpaired) electrons. The first-order chi connectivity index (χ1) is 9.06. The van der Waals surface area contributed by atoms with Crippen LogP contribution in [0.4, 0.5) is 0 Å². The van der Waals surface area contributed by atoms with Crippen LogP contribution in [0, 0.1) is 0 Å². The highest BCUT2D eigenvalue weighted by Gasteiger charge is 2.14. The van der Waals surface area contributed by atoms with Crippen molar-refractivity contribution in [3.8, 4) is 6.01 Å². The highest BCUT2D eigenvalue weighted by Crippen LogP contribution is 2.17. The predicted octanol–water partition coefficient (Wildman–Crippen LogP) is 0.830. The van der Waals surface area contributed by atoms with E-state index in [4.69, 9.17) is 9.47 Å². The lowest BCUT2D eigenvalue weighted by atomic mass is 10.5. The summed E-state index contributed by atoms with van der Waals surface area (Å²) in [5.41, 5.74) is -0.0254. The summed E-state index contributed by atoms with van der Waals surface area (Å²) in [5.74, 6) is -0.519. The maximum absolute atomic E-state index is 12.1. The molecular formula is C11H12BrN3O4. The summed E-state index contributed by atoms with van der Waals surface area (Å²) < 4.78 is 13.1. The summed E-state index contributed by atoms with van der Waals surface area (Å²) in [7, 11) is 1.44. The van der Waals surface area contributed by atoms with E-state index in [-0.39, 0.29) is 24.7 Å². The number of nitrogens with zero attached hydrogens (tertiary/aromatic N) is 3. The summed E-state index contributed by atoms with van der Waals surface area (Å²) in [6.45, 7) is 1.70. The van der Waals surface area contributed by atoms with Gasteiger partial charge in [-0.2, -0.15) is 0 Å². The first kappa shape index (κ1) is 13.6. The SMILES string of the molecule is CCOC(=O)Cn1nc(OC)n2cc(Br)cc2c1=O. The molecular weight excluding hydrogens is 318 g/mol. The highest BCUT2D eigenvalue weighted by atomic mass is 79.9. The van der Waals surface area contributed by atoms with Gasteiger partial charge in [0.25, 0.3) is 5.56 Å². The van der Waals surface area contributed by atoms with E-state index in [1.165, 1.54) is 11.5 Å². The van der Waals surface area contributed by atoms with Crippen LogP contribution in [0.1, 0.15) is 6.92 Å². The maximum atomic E-state index is 12.1. The van der Waals surface area contributed by atoms with Gasteiger partial charge in [0.1, 0.15) is 12.1 Å². The van der Waals surface area contributed by atoms with Gasteiger partial charge >= 0.3 is 12.0 Å². The van der Waals surface area contributed by atoms with E-state index in [0.29, 0.717) is 5.52 Å². The van der Waals surface area contributed by atoms with Crippen molar-refractivity contribution in [2.45, 2.75) is 13.5 Å². The second kappa shape index (κ2) is 5.43. The quantitative estimate of drug-likeness (QED) is 0.777. The highest BCUT2D eigenvalue weighted by molar-refractivity contribution is 9.10. The molecule has 0 bridgehead atoms. The first-order valence-electron chi connectivity index (χ1n) is 5.55. The number of rotatable bonds is 4. The second-order valence-electron chi connectivity index (χ2n) is 3.67. The van der Waals surface area contributed by atoms with Crippen molar-refractivity contribution < 1.29 is 14.3 Å². The van der Waals surface area contributed by atoms with E-state index in [1.54, 1.807) is 19.2 Å². The zero-order valence-corrected chi connectivity index (χ0v) is 12.0. The molecule has 7 nitrogen and oxygen atoms in total. The molecule has 8 heteroatoms. The van der Waals surface area contributed by atoms with Gasteiger partial charge in [0.05, 0.1) is 13.7 Å². The molecule has 0 saturated heterocycles. The summed E-state index contributed by atoms with van der Waals surface area (Å²) in [6.07, 6.45) is 1.66. The first-order valence-corrected chi connectivity index (χ1v) is 6.34. The third-order valence-electron chi connectivity index (χ3n) is 2.42. The number of halogens is 1. The monoisotopic (exact) mass is 329 g/mol. The van der Waals surface area contributed by atoms with Gasteiger partial charge in [-0.25, -0.2) is 4.68 Å². The molecule has 2 aromatic heterocycles. The van der Waals surface area contributed by atoms with Crippen LogP contribution in [0.3, 0.4) is 0 Å². The lowest BCUT2D eigenvalue weighted by molar-refractivity contribution is -0.144. The standard InChI is InChI=1S/C11H12BrN3O4/c1-3-19-9(16)6-15-10(17)8-4-7(12)5-14(8)11(13-15)18-2/h4-5H,3,6H2,1-2H3. The van der Waals surface area contributed by atoms with Crippen molar-refractivity contribution in [2.24, 2.45) is 0 Å². The number of ether oxygens (including phenoxy) is 2. The molecule has 0 saturated carbocycles. The topological polar surface area (TPSA) is 74.8 Å². The number of methoxy groups -OCH3 is 1. The van der Waals surface area contributed by atoms with Gasteiger partial charge < -0.3 is 9.47 Å². The number of aromatic nitrogens is 3. The molecule has 2 aromatic rings. The van der Waals surface area contributed by atoms with E-state index in [1.807, 2.05) is 0 Å². The molecule has 2 heterocycles. The Labute approximate surface area is 116 Å². The van der Waals surface area contributed by atoms with Crippen LogP contribution < -0.4 is 10.3 Å². The molecule has 102 valence electrons. The van der Waals surface area contributed by atoms with Gasteiger partial charge in [-0.15, -0.1) is 5.10 Å². The number of carbonyl (C=O) groups is 1. The molecule has 0 spiro atoms. The molecule has 0 aliphatic heterocycles. The Balaban J connectivity index is 2.53. The zero-order valence-electron chi connectivity index (χ0n) is 10.4. The lowest BCUT2D eigenvalue weighted by Gasteiger charge is -2.08. The molecule has 0 fully saturated rings. The molecule has 0 aromatic carbocycles. The van der Waals surface area contributed by atoms with Crippen LogP contribution in [0.5, 0.6) is 6.01 Å². The van der Waals surface area contributed by atoms with Gasteiger partial charge in [0, 0.05) is 10.7 Å². The Kier molecular flexibility index (Phi) is 3.89. The van der Waals surface area contributed by atoms with Gasteiger partial charge in [-0.3, -0.25) is 14.0 Å². The summed E-state index contributed by atoms with van der Waals surface area (Å²) >= 11 is 3.28. The average Bonchev–Trinajstić information content (AvgIpc) is 2.75. The van der Waals surface area contributed by atoms with Gasteiger partial charge in [-0.05, 0) is 28.9 Å². The Morgan fingerprint density at radius 2 is 2.26 bits per heavy atom. The Hall–Kier alpha value is -1.83. The van der Waals surface area contributed by atoms with Crippen LogP contribution in [0.25, 0.3) is 5.52 Å². The molecule has 0 aliphatic rings. The molecule has 0 unspecified atom stereocenters. The van der Waals surface area contributed by atoms with Crippen molar-refractivity contribution in [2.75, 3.05) is 13.7 Å². The zero-order chi connectivity index (χ0) is 14.0. The van der Waals surface area contributed by atoms with Gasteiger partial charge in [0.2, 0.25) is 0 Å². The van der Waals surface area contributed by atoms with Crippen molar-refractivity contribution in [1.29, 1.82) is 0 Å². The molecule has 2 rings (SSSR count). The van der Waals surface area contributed by atoms with Crippen LogP contribution in [0.2, 0.25) is 0 Å². The number of carbonyl (C=O) groups excluding carboxylic acids is 1. The third-order valence-corrected chi connectivity index (χ3v) is 2.85. The fraction of sp³-hybridized carbons (Fsp3) is 0.364. The van der Waals surface area contributed by atoms with Gasteiger partial charge in [-0.1, -0.05) is 0 Å². The van der Waals surface area contributed by atoms with Crippen LogP contribution in [0.15, 0.2) is 21.5 Å². The fourth-order valence-electron chi connectivity index (χ4n) is 1.66. The molecule has 0 amide bonds. The van der Waals surface area contributed by atoms with Crippen molar-refractivity contribution in [3.63, 3.8) is 0 Å². The minimum Gasteiger partial charge on any atom is -0.467 e. The van der Waals surface area contributed by atoms with Crippen LogP contribution in [-0.4, -0.2) is 33.9 Å². The van der Waals surface area contributed by atoms with Crippen molar-refractivity contribution >= 4 is 27.4 Å². The van der Waals surface area contributed by atoms with E-state index in [0.717, 1.165) is 9.15 Å². The van der Waals surface area contributed by atoms with Crippen molar-refractivity contribution in [3.05, 3.63) is 27.1 Å². The average molecular weight is 330 g/mol. The fourth-order valence-corrected chi connectivity index (χ4v) is 2.08. The summed E-state index contributed by atoms with van der Waals surface area (Å²) in [4.78, 5) is 23.6. The summed E-state index contributed by atoms with van der Waals surface area (Å²) in [5, 5.41) is 3.98. The minimum absolute atomic E-state index is 0.213. The smallest absolute Gasteiger partial charge is 0.327 e. The maximum Gasteiger partial charge on any atom is 0.327 e. The molecule has 0 atom stereocenters. The third kappa shape index (κ3) is 2.62. The van der Waals surface area contributed by atoms with E-state index in [9.17, 15) is 9.59 Å². The lowest BCUT2D eigenvalue weighted by Crippen LogP contribution is -2.29. The second-order valence-corrected chi connectivity index (χ2v) is 4.58. The number of hydrogen-bond donors (Lipinski definition) is 0.